The third-order valence-electron chi connectivity index (χ3n) is 4.31. The topological polar surface area (TPSA) is 130 Å². The Balaban J connectivity index is 2.05. The molecule has 1 saturated heterocycles. The Morgan fingerprint density at radius 3 is 2.25 bits per heavy atom. The highest BCUT2D eigenvalue weighted by atomic mass is 19.4. The van der Waals surface area contributed by atoms with Gasteiger partial charge in [-0.15, -0.1) is 10.2 Å². The number of aliphatic hydroxyl groups is 4. The lowest BCUT2D eigenvalue weighted by Gasteiger charge is -2.37. The van der Waals surface area contributed by atoms with Crippen molar-refractivity contribution < 1.29 is 43.1 Å². The zero-order chi connectivity index (χ0) is 20.6. The molecule has 3 rings (SSSR count). The number of halogens is 3. The van der Waals surface area contributed by atoms with Gasteiger partial charge in [0.05, 0.1) is 7.11 Å². The van der Waals surface area contributed by atoms with E-state index in [0.29, 0.717) is 10.3 Å². The van der Waals surface area contributed by atoms with E-state index in [0.717, 1.165) is 0 Å². The van der Waals surface area contributed by atoms with Gasteiger partial charge in [-0.25, -0.2) is 0 Å². The Morgan fingerprint density at radius 2 is 1.68 bits per heavy atom. The van der Waals surface area contributed by atoms with Gasteiger partial charge in [0.15, 0.2) is 17.9 Å². The minimum atomic E-state index is -4.66. The molecule has 2 aromatic rings. The van der Waals surface area contributed by atoms with Crippen LogP contribution in [0.3, 0.4) is 0 Å². The number of rotatable bonds is 4. The van der Waals surface area contributed by atoms with Crippen LogP contribution in [0, 0.1) is 0 Å². The summed E-state index contributed by atoms with van der Waals surface area (Å²) in [6.07, 6.45) is -13.7. The van der Waals surface area contributed by atoms with E-state index in [-0.39, 0.29) is 11.4 Å². The van der Waals surface area contributed by atoms with Gasteiger partial charge in [-0.3, -0.25) is 4.57 Å². The number of alkyl halides is 3. The molecule has 2 heterocycles. The summed E-state index contributed by atoms with van der Waals surface area (Å²) in [6.45, 7) is -1.50. The third kappa shape index (κ3) is 3.95. The summed E-state index contributed by atoms with van der Waals surface area (Å²) in [5, 5.41) is 46.6. The number of hydrogen-bond donors (Lipinski definition) is 4. The van der Waals surface area contributed by atoms with Crippen molar-refractivity contribution >= 4 is 0 Å². The fourth-order valence-electron chi connectivity index (χ4n) is 2.89. The van der Waals surface area contributed by atoms with Crippen molar-refractivity contribution in [1.82, 2.24) is 14.8 Å². The summed E-state index contributed by atoms with van der Waals surface area (Å²) >= 11 is 0. The maximum absolute atomic E-state index is 13.2. The van der Waals surface area contributed by atoms with Gasteiger partial charge in [-0.2, -0.15) is 13.2 Å². The summed E-state index contributed by atoms with van der Waals surface area (Å²) in [6, 6.07) is 6.01. The van der Waals surface area contributed by atoms with E-state index in [9.17, 15) is 33.6 Å². The molecule has 12 heteroatoms. The summed E-state index contributed by atoms with van der Waals surface area (Å²) < 4.78 is 50.1. The first kappa shape index (κ1) is 20.5. The molecule has 1 unspecified atom stereocenters. The minimum Gasteiger partial charge on any atom is -0.497 e. The van der Waals surface area contributed by atoms with Crippen molar-refractivity contribution in [3.8, 4) is 17.1 Å². The van der Waals surface area contributed by atoms with Crippen LogP contribution in [-0.2, 0) is 11.3 Å². The summed E-state index contributed by atoms with van der Waals surface area (Å²) in [5.41, 5.74) is 0.287. The van der Waals surface area contributed by atoms with Crippen molar-refractivity contribution in [1.29, 1.82) is 0 Å². The van der Waals surface area contributed by atoms with Crippen LogP contribution in [0.1, 0.15) is 11.9 Å². The number of nitrogens with zero attached hydrogens (tertiary/aromatic N) is 3. The molecule has 0 aliphatic carbocycles. The van der Waals surface area contributed by atoms with Gasteiger partial charge in [-0.1, -0.05) is 0 Å². The summed E-state index contributed by atoms with van der Waals surface area (Å²) in [7, 11) is 1.44. The predicted octanol–water partition coefficient (Wildman–Crippen LogP) is -0.0116. The smallest absolute Gasteiger partial charge is 0.406 e. The van der Waals surface area contributed by atoms with E-state index in [1.807, 2.05) is 0 Å². The molecule has 5 atom stereocenters. The second kappa shape index (κ2) is 7.64. The lowest BCUT2D eigenvalue weighted by Crippen LogP contribution is -2.54. The zero-order valence-electron chi connectivity index (χ0n) is 14.5. The van der Waals surface area contributed by atoms with Gasteiger partial charge >= 0.3 is 6.18 Å². The average molecular weight is 405 g/mol. The van der Waals surface area contributed by atoms with Crippen LogP contribution >= 0.6 is 0 Å². The van der Waals surface area contributed by atoms with E-state index in [1.165, 1.54) is 31.4 Å². The van der Waals surface area contributed by atoms with Crippen molar-refractivity contribution in [3.05, 3.63) is 30.1 Å². The fraction of sp³-hybridized carbons (Fsp3) is 0.500. The van der Waals surface area contributed by atoms with Crippen LogP contribution in [0.25, 0.3) is 11.4 Å². The molecule has 1 aliphatic heterocycles. The lowest BCUT2D eigenvalue weighted by molar-refractivity contribution is -0.286. The van der Waals surface area contributed by atoms with Crippen LogP contribution in [-0.4, -0.2) is 73.1 Å². The van der Waals surface area contributed by atoms with Crippen LogP contribution in [0.4, 0.5) is 13.2 Å². The zero-order valence-corrected chi connectivity index (χ0v) is 14.5. The molecule has 1 aliphatic rings. The minimum absolute atomic E-state index is 0.166. The van der Waals surface area contributed by atoms with Crippen molar-refractivity contribution in [3.63, 3.8) is 0 Å². The molecule has 154 valence electrons. The van der Waals surface area contributed by atoms with E-state index >= 15 is 0 Å². The van der Waals surface area contributed by atoms with Crippen LogP contribution in [0.5, 0.6) is 5.75 Å². The number of benzene rings is 1. The molecule has 1 fully saturated rings. The number of methoxy groups -OCH3 is 1. The standard InChI is InChI=1S/C16H18F3N3O6/c1-27-8-4-2-7(3-5-8)13-20-21-14(22(13)6-16(17,18)19)12-10(24)9(23)11(25)15(26)28-12/h2-5,9-12,15,23-26H,6H2,1H3/t9-,10-,11+,12?,15-/m0/s1. The number of ether oxygens (including phenoxy) is 2. The molecule has 0 saturated carbocycles. The second-order valence-corrected chi connectivity index (χ2v) is 6.23. The van der Waals surface area contributed by atoms with E-state index < -0.39 is 49.3 Å². The molecule has 4 N–H and O–H groups in total. The van der Waals surface area contributed by atoms with Gasteiger partial charge in [0.1, 0.15) is 36.7 Å². The Labute approximate surface area is 156 Å². The Kier molecular flexibility index (Phi) is 5.59. The molecule has 0 amide bonds. The van der Waals surface area contributed by atoms with Gasteiger partial charge in [0.2, 0.25) is 0 Å². The molecule has 1 aromatic heterocycles. The maximum Gasteiger partial charge on any atom is 0.406 e. The lowest BCUT2D eigenvalue weighted by atomic mass is 9.98. The Morgan fingerprint density at radius 1 is 1.04 bits per heavy atom. The van der Waals surface area contributed by atoms with Gasteiger partial charge in [0, 0.05) is 5.56 Å². The second-order valence-electron chi connectivity index (χ2n) is 6.23. The van der Waals surface area contributed by atoms with Gasteiger partial charge in [-0.05, 0) is 24.3 Å². The average Bonchev–Trinajstić information content (AvgIpc) is 3.04. The molecule has 0 bridgehead atoms. The van der Waals surface area contributed by atoms with Crippen molar-refractivity contribution in [2.45, 2.75) is 43.4 Å². The fourth-order valence-corrected chi connectivity index (χ4v) is 2.89. The molecule has 28 heavy (non-hydrogen) atoms. The normalized spacial score (nSPS) is 28.4. The molecular formula is C16H18F3N3O6. The van der Waals surface area contributed by atoms with E-state index in [2.05, 4.69) is 10.2 Å². The van der Waals surface area contributed by atoms with Crippen molar-refractivity contribution in [2.75, 3.05) is 7.11 Å². The molecular weight excluding hydrogens is 387 g/mol. The molecule has 0 spiro atoms. The highest BCUT2D eigenvalue weighted by Crippen LogP contribution is 2.34. The molecule has 9 nitrogen and oxygen atoms in total. The van der Waals surface area contributed by atoms with Gasteiger partial charge < -0.3 is 29.9 Å². The van der Waals surface area contributed by atoms with Crippen LogP contribution < -0.4 is 4.74 Å². The van der Waals surface area contributed by atoms with Crippen molar-refractivity contribution in [2.24, 2.45) is 0 Å². The number of hydrogen-bond acceptors (Lipinski definition) is 8. The van der Waals surface area contributed by atoms with E-state index in [4.69, 9.17) is 9.47 Å². The van der Waals surface area contributed by atoms with Crippen LogP contribution in [0.15, 0.2) is 24.3 Å². The SMILES string of the molecule is COc1ccc(-c2nnc(C3O[C@H](O)[C@H](O)[C@@H](O)[C@@H]3O)n2CC(F)(F)F)cc1. The first-order valence-corrected chi connectivity index (χ1v) is 8.14. The Hall–Kier alpha value is -2.25. The highest BCUT2D eigenvalue weighted by molar-refractivity contribution is 5.57. The maximum atomic E-state index is 13.2. The van der Waals surface area contributed by atoms with Gasteiger partial charge in [0.25, 0.3) is 0 Å². The number of aliphatic hydroxyl groups excluding tert-OH is 4. The Bertz CT molecular complexity index is 813. The first-order chi connectivity index (χ1) is 13.1. The number of aromatic nitrogens is 3. The largest absolute Gasteiger partial charge is 0.497 e. The molecule has 0 radical (unpaired) electrons. The summed E-state index contributed by atoms with van der Waals surface area (Å²) in [4.78, 5) is 0. The third-order valence-corrected chi connectivity index (χ3v) is 4.31. The van der Waals surface area contributed by atoms with Crippen LogP contribution in [0.2, 0.25) is 0 Å². The molecule has 1 aromatic carbocycles. The van der Waals surface area contributed by atoms with E-state index in [1.54, 1.807) is 0 Å². The predicted molar refractivity (Wildman–Crippen MR) is 85.9 cm³/mol. The summed E-state index contributed by atoms with van der Waals surface area (Å²) in [5.74, 6) is -0.140. The quantitative estimate of drug-likeness (QED) is 0.559. The monoisotopic (exact) mass is 405 g/mol. The first-order valence-electron chi connectivity index (χ1n) is 8.14. The highest BCUT2D eigenvalue weighted by Gasteiger charge is 2.46.